The van der Waals surface area contributed by atoms with Gasteiger partial charge in [0.05, 0.1) is 4.83 Å². The number of halogens is 1. The van der Waals surface area contributed by atoms with Gasteiger partial charge in [-0.25, -0.2) is 0 Å². The molecule has 4 rings (SSSR count). The average molecular weight is 373 g/mol. The smallest absolute Gasteiger partial charge is 0.0530 e. The van der Waals surface area contributed by atoms with E-state index in [0.29, 0.717) is 4.83 Å². The maximum Gasteiger partial charge on any atom is 0.0530 e. The molecule has 104 valence electrons. The summed E-state index contributed by atoms with van der Waals surface area (Å²) in [5.41, 5.74) is 1.38. The van der Waals surface area contributed by atoms with Crippen LogP contribution < -0.4 is 0 Å². The van der Waals surface area contributed by atoms with Crippen molar-refractivity contribution < 1.29 is 0 Å². The Morgan fingerprint density at radius 3 is 2.62 bits per heavy atom. The highest BCUT2D eigenvalue weighted by molar-refractivity contribution is 9.09. The van der Waals surface area contributed by atoms with Crippen LogP contribution in [0.3, 0.4) is 0 Å². The summed E-state index contributed by atoms with van der Waals surface area (Å²) in [7, 11) is 0. The first-order valence-corrected chi connectivity index (χ1v) is 9.49. The number of hydrogen-bond donors (Lipinski definition) is 0. The minimum Gasteiger partial charge on any atom is -0.143 e. The molecule has 0 spiro atoms. The van der Waals surface area contributed by atoms with Crippen molar-refractivity contribution in [2.75, 3.05) is 0 Å². The van der Waals surface area contributed by atoms with Crippen LogP contribution in [-0.2, 0) is 6.42 Å². The van der Waals surface area contributed by atoms with E-state index >= 15 is 0 Å². The summed E-state index contributed by atoms with van der Waals surface area (Å²) in [6.45, 7) is 0. The van der Waals surface area contributed by atoms with Crippen LogP contribution in [0.5, 0.6) is 0 Å². The molecule has 0 aliphatic carbocycles. The van der Waals surface area contributed by atoms with Crippen molar-refractivity contribution in [3.8, 4) is 0 Å². The molecule has 0 aliphatic heterocycles. The molecule has 1 unspecified atom stereocenters. The second-order valence-electron chi connectivity index (χ2n) is 5.15. The zero-order valence-electron chi connectivity index (χ0n) is 11.3. The van der Waals surface area contributed by atoms with Crippen LogP contribution in [0.4, 0.5) is 0 Å². The normalized spacial score (nSPS) is 13.0. The van der Waals surface area contributed by atoms with E-state index in [0.717, 1.165) is 6.42 Å². The molecule has 0 fully saturated rings. The molecule has 0 N–H and O–H groups in total. The van der Waals surface area contributed by atoms with Gasteiger partial charge in [-0.1, -0.05) is 58.4 Å². The predicted octanol–water partition coefficient (Wildman–Crippen LogP) is 6.79. The van der Waals surface area contributed by atoms with Crippen LogP contribution in [0.1, 0.15) is 15.3 Å². The molecular formula is C18H13BrS2. The van der Waals surface area contributed by atoms with Gasteiger partial charge in [0.1, 0.15) is 0 Å². The summed E-state index contributed by atoms with van der Waals surface area (Å²) in [6, 6.07) is 19.8. The molecule has 0 aliphatic rings. The monoisotopic (exact) mass is 372 g/mol. The van der Waals surface area contributed by atoms with Crippen LogP contribution in [0, 0.1) is 0 Å². The predicted molar refractivity (Wildman–Crippen MR) is 99.0 cm³/mol. The summed E-state index contributed by atoms with van der Waals surface area (Å²) >= 11 is 7.59. The molecule has 3 heteroatoms. The number of hydrogen-bond acceptors (Lipinski definition) is 2. The van der Waals surface area contributed by atoms with Gasteiger partial charge in [-0.05, 0) is 40.3 Å². The van der Waals surface area contributed by atoms with E-state index < -0.39 is 0 Å². The third-order valence-electron chi connectivity index (χ3n) is 3.70. The van der Waals surface area contributed by atoms with Crippen molar-refractivity contribution >= 4 is 58.8 Å². The fourth-order valence-electron chi connectivity index (χ4n) is 2.61. The maximum atomic E-state index is 3.86. The summed E-state index contributed by atoms with van der Waals surface area (Å²) in [4.78, 5) is 1.81. The summed E-state index contributed by atoms with van der Waals surface area (Å²) in [5, 5.41) is 4.79. The van der Waals surface area contributed by atoms with E-state index in [2.05, 4.69) is 75.9 Å². The van der Waals surface area contributed by atoms with E-state index in [1.807, 2.05) is 22.7 Å². The van der Waals surface area contributed by atoms with Gasteiger partial charge in [0.25, 0.3) is 0 Å². The third kappa shape index (κ3) is 2.66. The van der Waals surface area contributed by atoms with E-state index in [4.69, 9.17) is 0 Å². The lowest BCUT2D eigenvalue weighted by Gasteiger charge is -2.08. The number of benzene rings is 2. The lowest BCUT2D eigenvalue weighted by Crippen LogP contribution is -1.92. The molecule has 0 radical (unpaired) electrons. The van der Waals surface area contributed by atoms with Gasteiger partial charge < -0.3 is 0 Å². The van der Waals surface area contributed by atoms with Gasteiger partial charge in [0.2, 0.25) is 0 Å². The Hall–Kier alpha value is -1.16. The molecule has 2 heterocycles. The van der Waals surface area contributed by atoms with Crippen molar-refractivity contribution in [3.63, 3.8) is 0 Å². The molecule has 0 saturated carbocycles. The van der Waals surface area contributed by atoms with Crippen LogP contribution in [-0.4, -0.2) is 0 Å². The first kappa shape index (κ1) is 13.5. The number of fused-ring (bicyclic) bond motifs is 2. The maximum absolute atomic E-state index is 3.86. The Morgan fingerprint density at radius 1 is 0.905 bits per heavy atom. The fourth-order valence-corrected chi connectivity index (χ4v) is 5.50. The standard InChI is InChI=1S/C18H13BrS2/c19-15(17-11-18-16(21-17)7-8-20-18)10-12-5-6-13-3-1-2-4-14(13)9-12/h1-9,11,15H,10H2. The first-order chi connectivity index (χ1) is 10.3. The third-order valence-corrected chi connectivity index (χ3v) is 7.02. The van der Waals surface area contributed by atoms with Crippen LogP contribution in [0.25, 0.3) is 20.2 Å². The van der Waals surface area contributed by atoms with Crippen molar-refractivity contribution in [2.45, 2.75) is 11.2 Å². The Balaban J connectivity index is 1.62. The molecule has 0 nitrogen and oxygen atoms in total. The van der Waals surface area contributed by atoms with E-state index in [1.165, 1.54) is 30.6 Å². The zero-order valence-corrected chi connectivity index (χ0v) is 14.5. The highest BCUT2D eigenvalue weighted by atomic mass is 79.9. The molecule has 2 aromatic heterocycles. The summed E-state index contributed by atoms with van der Waals surface area (Å²) < 4.78 is 2.80. The molecule has 1 atom stereocenters. The molecular weight excluding hydrogens is 360 g/mol. The lowest BCUT2D eigenvalue weighted by molar-refractivity contribution is 0.973. The summed E-state index contributed by atoms with van der Waals surface area (Å²) in [5.74, 6) is 0. The lowest BCUT2D eigenvalue weighted by atomic mass is 10.0. The Kier molecular flexibility index (Phi) is 3.57. The first-order valence-electron chi connectivity index (χ1n) is 6.88. The van der Waals surface area contributed by atoms with Crippen molar-refractivity contribution in [3.05, 3.63) is 70.4 Å². The van der Waals surface area contributed by atoms with Gasteiger partial charge >= 0.3 is 0 Å². The van der Waals surface area contributed by atoms with Crippen LogP contribution in [0.15, 0.2) is 60.0 Å². The minimum atomic E-state index is 0.392. The van der Waals surface area contributed by atoms with Gasteiger partial charge in [-0.2, -0.15) is 0 Å². The summed E-state index contributed by atoms with van der Waals surface area (Å²) in [6.07, 6.45) is 1.03. The SMILES string of the molecule is BrC(Cc1ccc2ccccc2c1)c1cc2sccc2s1. The van der Waals surface area contributed by atoms with E-state index in [9.17, 15) is 0 Å². The van der Waals surface area contributed by atoms with Gasteiger partial charge in [0, 0.05) is 14.3 Å². The van der Waals surface area contributed by atoms with Gasteiger partial charge in [0.15, 0.2) is 0 Å². The van der Waals surface area contributed by atoms with E-state index in [1.54, 1.807) is 0 Å². The molecule has 4 aromatic rings. The van der Waals surface area contributed by atoms with Gasteiger partial charge in [-0.3, -0.25) is 0 Å². The highest BCUT2D eigenvalue weighted by Crippen LogP contribution is 2.38. The quantitative estimate of drug-likeness (QED) is 0.347. The Labute approximate surface area is 140 Å². The fraction of sp³-hybridized carbons (Fsp3) is 0.111. The van der Waals surface area contributed by atoms with Crippen LogP contribution >= 0.6 is 38.6 Å². The topological polar surface area (TPSA) is 0 Å². The van der Waals surface area contributed by atoms with Gasteiger partial charge in [-0.15, -0.1) is 22.7 Å². The highest BCUT2D eigenvalue weighted by Gasteiger charge is 2.13. The largest absolute Gasteiger partial charge is 0.143 e. The molecule has 0 bridgehead atoms. The average Bonchev–Trinajstić information content (AvgIpc) is 3.08. The number of rotatable bonds is 3. The van der Waals surface area contributed by atoms with Crippen LogP contribution in [0.2, 0.25) is 0 Å². The molecule has 21 heavy (non-hydrogen) atoms. The second-order valence-corrected chi connectivity index (χ2v) is 8.32. The van der Waals surface area contributed by atoms with Crippen molar-refractivity contribution in [1.82, 2.24) is 0 Å². The Morgan fingerprint density at radius 2 is 1.76 bits per heavy atom. The second kappa shape index (κ2) is 5.56. The number of alkyl halides is 1. The van der Waals surface area contributed by atoms with Crippen molar-refractivity contribution in [2.24, 2.45) is 0 Å². The van der Waals surface area contributed by atoms with Crippen molar-refractivity contribution in [1.29, 1.82) is 0 Å². The zero-order chi connectivity index (χ0) is 14.2. The minimum absolute atomic E-state index is 0.392. The Bertz CT molecular complexity index is 875. The van der Waals surface area contributed by atoms with E-state index in [-0.39, 0.29) is 0 Å². The number of thiophene rings is 2. The molecule has 0 amide bonds. The molecule has 2 aromatic carbocycles. The molecule has 0 saturated heterocycles.